The van der Waals surface area contributed by atoms with Crippen molar-refractivity contribution in [2.75, 3.05) is 0 Å². The summed E-state index contributed by atoms with van der Waals surface area (Å²) in [6.45, 7) is 1.29. The van der Waals surface area contributed by atoms with Crippen molar-refractivity contribution in [3.8, 4) is 6.07 Å². The van der Waals surface area contributed by atoms with Gasteiger partial charge in [-0.05, 0) is 19.1 Å². The first-order valence-electron chi connectivity index (χ1n) is 3.89. The van der Waals surface area contributed by atoms with Crippen LogP contribution in [0, 0.1) is 11.3 Å². The largest absolute Gasteiger partial charge is 0.294 e. The van der Waals surface area contributed by atoms with Crippen LogP contribution in [0.2, 0.25) is 0 Å². The minimum Gasteiger partial charge on any atom is -0.294 e. The van der Waals surface area contributed by atoms with Gasteiger partial charge in [0.25, 0.3) is 6.43 Å². The summed E-state index contributed by atoms with van der Waals surface area (Å²) in [5.74, 6) is -0.303. The van der Waals surface area contributed by atoms with E-state index >= 15 is 0 Å². The molecule has 0 bridgehead atoms. The lowest BCUT2D eigenvalue weighted by molar-refractivity contribution is 0.101. The molecule has 1 rings (SSSR count). The summed E-state index contributed by atoms with van der Waals surface area (Å²) in [7, 11) is 0. The summed E-state index contributed by atoms with van der Waals surface area (Å²) in [5.41, 5.74) is -0.0706. The van der Waals surface area contributed by atoms with E-state index in [2.05, 4.69) is 0 Å². The molecule has 0 spiro atoms. The number of nitrogens with zero attached hydrogens (tertiary/aromatic N) is 1. The molecule has 14 heavy (non-hydrogen) atoms. The Kier molecular flexibility index (Phi) is 2.92. The molecule has 0 amide bonds. The SMILES string of the molecule is CC(=O)c1ccc(C(F)F)cc1C#N. The molecule has 0 heterocycles. The molecule has 1 aromatic carbocycles. The fourth-order valence-electron chi connectivity index (χ4n) is 1.10. The van der Waals surface area contributed by atoms with Crippen molar-refractivity contribution < 1.29 is 13.6 Å². The number of ketones is 1. The molecule has 0 aromatic heterocycles. The Labute approximate surface area is 79.8 Å². The number of carbonyl (C=O) groups excluding carboxylic acids is 1. The predicted octanol–water partition coefficient (Wildman–Crippen LogP) is 2.70. The van der Waals surface area contributed by atoms with Gasteiger partial charge in [0.1, 0.15) is 0 Å². The van der Waals surface area contributed by atoms with Gasteiger partial charge in [-0.2, -0.15) is 5.26 Å². The highest BCUT2D eigenvalue weighted by atomic mass is 19.3. The molecule has 0 radical (unpaired) electrons. The fraction of sp³-hybridized carbons (Fsp3) is 0.200. The van der Waals surface area contributed by atoms with E-state index in [4.69, 9.17) is 5.26 Å². The molecule has 72 valence electrons. The summed E-state index contributed by atoms with van der Waals surface area (Å²) >= 11 is 0. The number of benzene rings is 1. The van der Waals surface area contributed by atoms with Crippen LogP contribution in [-0.2, 0) is 0 Å². The van der Waals surface area contributed by atoms with Crippen molar-refractivity contribution in [2.24, 2.45) is 0 Å². The van der Waals surface area contributed by atoms with Crippen LogP contribution in [0.4, 0.5) is 8.78 Å². The maximum Gasteiger partial charge on any atom is 0.263 e. The Bertz CT molecular complexity index is 407. The first kappa shape index (κ1) is 10.3. The third-order valence-corrected chi connectivity index (χ3v) is 1.80. The maximum absolute atomic E-state index is 12.2. The van der Waals surface area contributed by atoms with E-state index in [0.717, 1.165) is 12.1 Å². The Morgan fingerprint density at radius 2 is 2.14 bits per heavy atom. The summed E-state index contributed by atoms with van der Waals surface area (Å²) < 4.78 is 24.4. The molecule has 0 aliphatic carbocycles. The van der Waals surface area contributed by atoms with E-state index in [-0.39, 0.29) is 22.5 Å². The Balaban J connectivity index is 3.27. The van der Waals surface area contributed by atoms with E-state index in [9.17, 15) is 13.6 Å². The molecule has 0 aliphatic heterocycles. The number of Topliss-reactive ketones (excluding diaryl/α,β-unsaturated/α-hetero) is 1. The number of halogens is 2. The molecule has 4 heteroatoms. The first-order valence-corrected chi connectivity index (χ1v) is 3.89. The molecule has 0 N–H and O–H groups in total. The average molecular weight is 195 g/mol. The minimum atomic E-state index is -2.62. The third-order valence-electron chi connectivity index (χ3n) is 1.80. The van der Waals surface area contributed by atoms with Gasteiger partial charge in [0.05, 0.1) is 11.6 Å². The highest BCUT2D eigenvalue weighted by molar-refractivity contribution is 5.96. The van der Waals surface area contributed by atoms with Gasteiger partial charge in [-0.25, -0.2) is 8.78 Å². The lowest BCUT2D eigenvalue weighted by Crippen LogP contribution is -1.98. The quantitative estimate of drug-likeness (QED) is 0.680. The van der Waals surface area contributed by atoms with E-state index in [1.165, 1.54) is 13.0 Å². The second-order valence-corrected chi connectivity index (χ2v) is 2.77. The second-order valence-electron chi connectivity index (χ2n) is 2.77. The summed E-state index contributed by atoms with van der Waals surface area (Å²) in [6, 6.07) is 5.17. The smallest absolute Gasteiger partial charge is 0.263 e. The number of rotatable bonds is 2. The van der Waals surface area contributed by atoms with Gasteiger partial charge < -0.3 is 0 Å². The van der Waals surface area contributed by atoms with E-state index in [0.29, 0.717) is 0 Å². The number of alkyl halides is 2. The molecule has 0 saturated heterocycles. The average Bonchev–Trinajstić information content (AvgIpc) is 2.16. The van der Waals surface area contributed by atoms with Gasteiger partial charge in [0.2, 0.25) is 0 Å². The zero-order chi connectivity index (χ0) is 10.7. The lowest BCUT2D eigenvalue weighted by Gasteiger charge is -2.02. The van der Waals surface area contributed by atoms with E-state index in [1.54, 1.807) is 6.07 Å². The molecule has 1 aromatic rings. The maximum atomic E-state index is 12.2. The van der Waals surface area contributed by atoms with Crippen molar-refractivity contribution in [1.29, 1.82) is 5.26 Å². The van der Waals surface area contributed by atoms with E-state index < -0.39 is 6.43 Å². The molecule has 0 saturated carbocycles. The topological polar surface area (TPSA) is 40.9 Å². The van der Waals surface area contributed by atoms with Crippen LogP contribution < -0.4 is 0 Å². The number of hydrogen-bond acceptors (Lipinski definition) is 2. The molecule has 0 atom stereocenters. The Morgan fingerprint density at radius 1 is 1.50 bits per heavy atom. The van der Waals surface area contributed by atoms with Crippen LogP contribution in [0.3, 0.4) is 0 Å². The van der Waals surface area contributed by atoms with Crippen LogP contribution in [0.15, 0.2) is 18.2 Å². The van der Waals surface area contributed by atoms with Crippen molar-refractivity contribution in [2.45, 2.75) is 13.3 Å². The monoisotopic (exact) mass is 195 g/mol. The fourth-order valence-corrected chi connectivity index (χ4v) is 1.10. The molecule has 0 unspecified atom stereocenters. The first-order chi connectivity index (χ1) is 6.56. The van der Waals surface area contributed by atoms with E-state index in [1.807, 2.05) is 0 Å². The minimum absolute atomic E-state index is 0.00435. The van der Waals surface area contributed by atoms with Crippen molar-refractivity contribution in [3.63, 3.8) is 0 Å². The van der Waals surface area contributed by atoms with Gasteiger partial charge in [-0.15, -0.1) is 0 Å². The Morgan fingerprint density at radius 3 is 2.57 bits per heavy atom. The van der Waals surface area contributed by atoms with Crippen LogP contribution in [-0.4, -0.2) is 5.78 Å². The normalized spacial score (nSPS) is 9.93. The van der Waals surface area contributed by atoms with Gasteiger partial charge in [0.15, 0.2) is 5.78 Å². The zero-order valence-electron chi connectivity index (χ0n) is 7.42. The third kappa shape index (κ3) is 1.94. The highest BCUT2D eigenvalue weighted by Crippen LogP contribution is 2.21. The summed E-state index contributed by atoms with van der Waals surface area (Å²) in [6.07, 6.45) is -2.62. The van der Waals surface area contributed by atoms with Crippen LogP contribution in [0.1, 0.15) is 34.8 Å². The van der Waals surface area contributed by atoms with Gasteiger partial charge >= 0.3 is 0 Å². The molecular formula is C10H7F2NO. The van der Waals surface area contributed by atoms with Gasteiger partial charge in [-0.3, -0.25) is 4.79 Å². The van der Waals surface area contributed by atoms with Crippen molar-refractivity contribution in [3.05, 3.63) is 34.9 Å². The molecule has 0 aliphatic rings. The number of carbonyl (C=O) groups is 1. The predicted molar refractivity (Wildman–Crippen MR) is 46.1 cm³/mol. The molecular weight excluding hydrogens is 188 g/mol. The van der Waals surface area contributed by atoms with Crippen LogP contribution in [0.5, 0.6) is 0 Å². The lowest BCUT2D eigenvalue weighted by atomic mass is 10.0. The number of hydrogen-bond donors (Lipinski definition) is 0. The van der Waals surface area contributed by atoms with Gasteiger partial charge in [0, 0.05) is 11.1 Å². The highest BCUT2D eigenvalue weighted by Gasteiger charge is 2.12. The summed E-state index contributed by atoms with van der Waals surface area (Å²) in [5, 5.41) is 8.63. The summed E-state index contributed by atoms with van der Waals surface area (Å²) in [4.78, 5) is 11.0. The van der Waals surface area contributed by atoms with Crippen LogP contribution in [0.25, 0.3) is 0 Å². The zero-order valence-corrected chi connectivity index (χ0v) is 7.42. The number of nitriles is 1. The second kappa shape index (κ2) is 3.97. The van der Waals surface area contributed by atoms with Gasteiger partial charge in [-0.1, -0.05) is 6.07 Å². The van der Waals surface area contributed by atoms with Crippen molar-refractivity contribution >= 4 is 5.78 Å². The Hall–Kier alpha value is -1.76. The van der Waals surface area contributed by atoms with Crippen molar-refractivity contribution in [1.82, 2.24) is 0 Å². The standard InChI is InChI=1S/C10H7F2NO/c1-6(14)9-3-2-7(10(11)12)4-8(9)5-13/h2-4,10H,1H3. The van der Waals surface area contributed by atoms with Crippen LogP contribution >= 0.6 is 0 Å². The molecule has 0 fully saturated rings. The molecule has 2 nitrogen and oxygen atoms in total.